The first-order valence-corrected chi connectivity index (χ1v) is 4.50. The molecule has 1 nitrogen and oxygen atoms in total. The molecule has 6 heteroatoms. The lowest BCUT2D eigenvalue weighted by Crippen LogP contribution is -2.13. The molecule has 0 amide bonds. The Balaban J connectivity index is 3.27. The van der Waals surface area contributed by atoms with E-state index in [4.69, 9.17) is 11.6 Å². The van der Waals surface area contributed by atoms with Crippen molar-refractivity contribution in [3.8, 4) is 0 Å². The van der Waals surface area contributed by atoms with Gasteiger partial charge in [0.25, 0.3) is 0 Å². The number of alkyl halides is 4. The van der Waals surface area contributed by atoms with E-state index in [-0.39, 0.29) is 5.88 Å². The predicted molar refractivity (Wildman–Crippen MR) is 47.1 cm³/mol. The van der Waals surface area contributed by atoms with Gasteiger partial charge in [0.1, 0.15) is 5.82 Å². The SMILES string of the molecule is O[C@@H](CCl)c1ccc(F)cc1C(F)(F)F. The highest BCUT2D eigenvalue weighted by atomic mass is 35.5. The molecule has 0 saturated carbocycles. The van der Waals surface area contributed by atoms with Gasteiger partial charge in [0.2, 0.25) is 0 Å². The van der Waals surface area contributed by atoms with E-state index in [0.29, 0.717) is 6.07 Å². The van der Waals surface area contributed by atoms with Gasteiger partial charge >= 0.3 is 6.18 Å². The van der Waals surface area contributed by atoms with E-state index >= 15 is 0 Å². The van der Waals surface area contributed by atoms with Crippen molar-refractivity contribution in [3.63, 3.8) is 0 Å². The number of benzene rings is 1. The molecule has 1 aromatic carbocycles. The topological polar surface area (TPSA) is 20.2 Å². The molecule has 0 saturated heterocycles. The average molecular weight is 243 g/mol. The summed E-state index contributed by atoms with van der Waals surface area (Å²) in [5.74, 6) is -1.39. The fourth-order valence-electron chi connectivity index (χ4n) is 1.15. The third-order valence-electron chi connectivity index (χ3n) is 1.83. The zero-order chi connectivity index (χ0) is 11.6. The Hall–Kier alpha value is -0.810. The molecule has 1 atom stereocenters. The smallest absolute Gasteiger partial charge is 0.387 e. The first-order chi connectivity index (χ1) is 6.86. The zero-order valence-corrected chi connectivity index (χ0v) is 8.11. The second kappa shape index (κ2) is 4.37. The predicted octanol–water partition coefficient (Wildman–Crippen LogP) is 3.12. The van der Waals surface area contributed by atoms with Crippen molar-refractivity contribution in [2.24, 2.45) is 0 Å². The van der Waals surface area contributed by atoms with Crippen LogP contribution in [0.2, 0.25) is 0 Å². The van der Waals surface area contributed by atoms with Gasteiger partial charge in [0, 0.05) is 0 Å². The number of aliphatic hydroxyl groups excluding tert-OH is 1. The van der Waals surface area contributed by atoms with Gasteiger partial charge in [-0.25, -0.2) is 4.39 Å². The summed E-state index contributed by atoms with van der Waals surface area (Å²) in [5.41, 5.74) is -1.62. The monoisotopic (exact) mass is 242 g/mol. The van der Waals surface area contributed by atoms with Crippen molar-refractivity contribution >= 4 is 11.6 Å². The van der Waals surface area contributed by atoms with Crippen LogP contribution < -0.4 is 0 Å². The van der Waals surface area contributed by atoms with E-state index < -0.39 is 29.2 Å². The van der Waals surface area contributed by atoms with Crippen LogP contribution in [0.5, 0.6) is 0 Å². The lowest BCUT2D eigenvalue weighted by molar-refractivity contribution is -0.139. The maximum absolute atomic E-state index is 12.6. The largest absolute Gasteiger partial charge is 0.416 e. The molecule has 0 bridgehead atoms. The van der Waals surface area contributed by atoms with E-state index in [0.717, 1.165) is 12.1 Å². The molecule has 0 unspecified atom stereocenters. The van der Waals surface area contributed by atoms with Crippen LogP contribution in [-0.2, 0) is 6.18 Å². The van der Waals surface area contributed by atoms with Gasteiger partial charge in [0.05, 0.1) is 17.5 Å². The maximum atomic E-state index is 12.6. The van der Waals surface area contributed by atoms with E-state index in [9.17, 15) is 22.7 Å². The summed E-state index contributed by atoms with van der Waals surface area (Å²) in [6.45, 7) is 0. The van der Waals surface area contributed by atoms with E-state index in [1.807, 2.05) is 0 Å². The third kappa shape index (κ3) is 2.82. The molecule has 0 radical (unpaired) electrons. The van der Waals surface area contributed by atoms with Gasteiger partial charge in [-0.05, 0) is 17.7 Å². The van der Waals surface area contributed by atoms with Crippen molar-refractivity contribution < 1.29 is 22.7 Å². The molecule has 0 aliphatic rings. The Morgan fingerprint density at radius 1 is 1.33 bits per heavy atom. The van der Waals surface area contributed by atoms with Crippen LogP contribution in [0, 0.1) is 5.82 Å². The molecule has 84 valence electrons. The molecule has 0 spiro atoms. The first-order valence-electron chi connectivity index (χ1n) is 3.97. The fourth-order valence-corrected chi connectivity index (χ4v) is 1.31. The lowest BCUT2D eigenvalue weighted by atomic mass is 10.0. The van der Waals surface area contributed by atoms with E-state index in [1.165, 1.54) is 0 Å². The van der Waals surface area contributed by atoms with Gasteiger partial charge < -0.3 is 5.11 Å². The van der Waals surface area contributed by atoms with Gasteiger partial charge in [0.15, 0.2) is 0 Å². The summed E-state index contributed by atoms with van der Waals surface area (Å²) in [6.07, 6.45) is -6.16. The van der Waals surface area contributed by atoms with E-state index in [1.54, 1.807) is 0 Å². The summed E-state index contributed by atoms with van der Waals surface area (Å²) in [6, 6.07) is 2.07. The number of rotatable bonds is 2. The van der Waals surface area contributed by atoms with Crippen LogP contribution in [0.3, 0.4) is 0 Å². The lowest BCUT2D eigenvalue weighted by Gasteiger charge is -2.15. The molecular formula is C9H7ClF4O. The minimum absolute atomic E-state index is 0.338. The summed E-state index contributed by atoms with van der Waals surface area (Å²) in [7, 11) is 0. The Bertz CT molecular complexity index is 350. The Morgan fingerprint density at radius 2 is 1.93 bits per heavy atom. The minimum atomic E-state index is -4.70. The molecule has 15 heavy (non-hydrogen) atoms. The maximum Gasteiger partial charge on any atom is 0.416 e. The van der Waals surface area contributed by atoms with Crippen LogP contribution in [-0.4, -0.2) is 11.0 Å². The molecule has 0 fully saturated rings. The van der Waals surface area contributed by atoms with Crippen LogP contribution in [0.15, 0.2) is 18.2 Å². The summed E-state index contributed by atoms with van der Waals surface area (Å²) >= 11 is 5.24. The van der Waals surface area contributed by atoms with Gasteiger partial charge in [-0.1, -0.05) is 6.07 Å². The van der Waals surface area contributed by atoms with Gasteiger partial charge in [-0.2, -0.15) is 13.2 Å². The van der Waals surface area contributed by atoms with Crippen molar-refractivity contribution in [1.82, 2.24) is 0 Å². The van der Waals surface area contributed by atoms with Crippen molar-refractivity contribution in [2.75, 3.05) is 5.88 Å². The summed E-state index contributed by atoms with van der Waals surface area (Å²) in [5, 5.41) is 9.21. The highest BCUT2D eigenvalue weighted by Gasteiger charge is 2.35. The number of hydrogen-bond donors (Lipinski definition) is 1. The first kappa shape index (κ1) is 12.3. The molecule has 0 aliphatic heterocycles. The van der Waals surface area contributed by atoms with Crippen LogP contribution >= 0.6 is 11.6 Å². The Kier molecular flexibility index (Phi) is 3.57. The Labute approximate surface area is 88.3 Å². The molecule has 0 aliphatic carbocycles. The van der Waals surface area contributed by atoms with Crippen molar-refractivity contribution in [2.45, 2.75) is 12.3 Å². The highest BCUT2D eigenvalue weighted by molar-refractivity contribution is 6.18. The average Bonchev–Trinajstić information content (AvgIpc) is 2.15. The fraction of sp³-hybridized carbons (Fsp3) is 0.333. The van der Waals surface area contributed by atoms with Crippen molar-refractivity contribution in [1.29, 1.82) is 0 Å². The normalized spacial score (nSPS) is 14.0. The highest BCUT2D eigenvalue weighted by Crippen LogP contribution is 2.35. The molecule has 1 rings (SSSR count). The standard InChI is InChI=1S/C9H7ClF4O/c10-4-8(15)6-2-1-5(11)3-7(6)9(12,13)14/h1-3,8,15H,4H2/t8-/m0/s1. The second-order valence-corrected chi connectivity index (χ2v) is 3.21. The summed E-state index contributed by atoms with van der Waals surface area (Å²) in [4.78, 5) is 0. The number of hydrogen-bond acceptors (Lipinski definition) is 1. The van der Waals surface area contributed by atoms with Gasteiger partial charge in [-0.3, -0.25) is 0 Å². The number of aliphatic hydroxyl groups is 1. The number of halogens is 5. The van der Waals surface area contributed by atoms with Crippen LogP contribution in [0.4, 0.5) is 17.6 Å². The molecule has 0 heterocycles. The van der Waals surface area contributed by atoms with Crippen LogP contribution in [0.25, 0.3) is 0 Å². The minimum Gasteiger partial charge on any atom is -0.387 e. The van der Waals surface area contributed by atoms with Crippen LogP contribution in [0.1, 0.15) is 17.2 Å². The zero-order valence-electron chi connectivity index (χ0n) is 7.35. The van der Waals surface area contributed by atoms with Crippen molar-refractivity contribution in [3.05, 3.63) is 35.1 Å². The van der Waals surface area contributed by atoms with Gasteiger partial charge in [-0.15, -0.1) is 11.6 Å². The second-order valence-electron chi connectivity index (χ2n) is 2.90. The molecule has 1 aromatic rings. The third-order valence-corrected chi connectivity index (χ3v) is 2.12. The molecule has 1 N–H and O–H groups in total. The Morgan fingerprint density at radius 3 is 2.40 bits per heavy atom. The van der Waals surface area contributed by atoms with E-state index in [2.05, 4.69) is 0 Å². The molecule has 0 aromatic heterocycles. The summed E-state index contributed by atoms with van der Waals surface area (Å²) < 4.78 is 49.8. The quantitative estimate of drug-likeness (QED) is 0.624. The molecular weight excluding hydrogens is 236 g/mol.